The highest BCUT2D eigenvalue weighted by Crippen LogP contribution is 2.14. The van der Waals surface area contributed by atoms with Crippen molar-refractivity contribution in [2.45, 2.75) is 38.1 Å². The maximum atomic E-state index is 11.7. The van der Waals surface area contributed by atoms with Crippen molar-refractivity contribution in [1.82, 2.24) is 14.9 Å². The molecule has 1 aromatic heterocycles. The number of likely N-dealkylation sites (N-methyl/N-ethyl adjacent to an activating group) is 1. The minimum Gasteiger partial charge on any atom is -0.383 e. The van der Waals surface area contributed by atoms with E-state index in [-0.39, 0.29) is 11.5 Å². The smallest absolute Gasteiger partial charge is 0.354 e. The Bertz CT molecular complexity index is 675. The first-order chi connectivity index (χ1) is 11.6. The second-order valence-electron chi connectivity index (χ2n) is 6.07. The van der Waals surface area contributed by atoms with Crippen LogP contribution in [0.4, 0.5) is 5.82 Å². The molecular formula is C18H27N5O. The van der Waals surface area contributed by atoms with Gasteiger partial charge in [0.15, 0.2) is 0 Å². The van der Waals surface area contributed by atoms with Crippen molar-refractivity contribution in [3.63, 3.8) is 0 Å². The normalized spacial score (nSPS) is 14.2. The molecule has 1 aromatic carbocycles. The molecule has 0 saturated heterocycles. The van der Waals surface area contributed by atoms with Gasteiger partial charge in [-0.15, -0.1) is 0 Å². The number of hydrogen-bond acceptors (Lipinski definition) is 5. The number of nitrogens with two attached hydrogens (primary N) is 2. The largest absolute Gasteiger partial charge is 0.383 e. The van der Waals surface area contributed by atoms with E-state index in [4.69, 9.17) is 11.5 Å². The molecule has 24 heavy (non-hydrogen) atoms. The highest BCUT2D eigenvalue weighted by Gasteiger charge is 2.07. The number of benzene rings is 1. The van der Waals surface area contributed by atoms with Gasteiger partial charge >= 0.3 is 5.69 Å². The predicted molar refractivity (Wildman–Crippen MR) is 98.3 cm³/mol. The Balaban J connectivity index is 0.000000292. The second-order valence-corrected chi connectivity index (χ2v) is 6.07. The summed E-state index contributed by atoms with van der Waals surface area (Å²) in [6, 6.07) is 9.99. The molecule has 0 atom stereocenters. The van der Waals surface area contributed by atoms with E-state index < -0.39 is 0 Å². The maximum Gasteiger partial charge on any atom is 0.354 e. The van der Waals surface area contributed by atoms with E-state index in [1.807, 2.05) is 31.3 Å². The summed E-state index contributed by atoms with van der Waals surface area (Å²) in [5, 5.41) is 3.10. The third-order valence-corrected chi connectivity index (χ3v) is 4.10. The Morgan fingerprint density at radius 3 is 2.38 bits per heavy atom. The maximum absolute atomic E-state index is 11.7. The molecule has 1 aliphatic rings. The first-order valence-electron chi connectivity index (χ1n) is 8.45. The van der Waals surface area contributed by atoms with Crippen molar-refractivity contribution < 1.29 is 0 Å². The van der Waals surface area contributed by atoms with Gasteiger partial charge in [-0.1, -0.05) is 25.0 Å². The Morgan fingerprint density at radius 1 is 1.21 bits per heavy atom. The zero-order valence-corrected chi connectivity index (χ0v) is 14.2. The van der Waals surface area contributed by atoms with Gasteiger partial charge in [-0.3, -0.25) is 4.57 Å². The number of hydrogen-bond donors (Lipinski definition) is 3. The zero-order chi connectivity index (χ0) is 17.4. The van der Waals surface area contributed by atoms with Crippen molar-refractivity contribution in [3.8, 4) is 5.69 Å². The lowest BCUT2D eigenvalue weighted by atomic mass is 10.1. The van der Waals surface area contributed by atoms with Crippen LogP contribution in [0.25, 0.3) is 5.69 Å². The summed E-state index contributed by atoms with van der Waals surface area (Å²) in [4.78, 5) is 15.4. The lowest BCUT2D eigenvalue weighted by molar-refractivity contribution is 0.704. The number of nitrogens with zero attached hydrogens (tertiary/aromatic N) is 2. The molecule has 1 aliphatic carbocycles. The fourth-order valence-electron chi connectivity index (χ4n) is 2.66. The second kappa shape index (κ2) is 9.20. The van der Waals surface area contributed by atoms with Crippen LogP contribution in [0.15, 0.2) is 41.3 Å². The van der Waals surface area contributed by atoms with E-state index in [2.05, 4.69) is 10.3 Å². The fraction of sp³-hybridized carbons (Fsp3) is 0.444. The summed E-state index contributed by atoms with van der Waals surface area (Å²) in [7, 11) is 1.92. The molecule has 5 N–H and O–H groups in total. The van der Waals surface area contributed by atoms with Crippen LogP contribution in [0.5, 0.6) is 0 Å². The summed E-state index contributed by atoms with van der Waals surface area (Å²) in [6.07, 6.45) is 7.85. The van der Waals surface area contributed by atoms with Gasteiger partial charge in [0.1, 0.15) is 5.82 Å². The highest BCUT2D eigenvalue weighted by atomic mass is 16.1. The molecule has 0 amide bonds. The molecule has 0 spiro atoms. The van der Waals surface area contributed by atoms with Crippen molar-refractivity contribution in [2.24, 2.45) is 5.73 Å². The lowest BCUT2D eigenvalue weighted by Crippen LogP contribution is -2.21. The topological polar surface area (TPSA) is 99.0 Å². The van der Waals surface area contributed by atoms with Gasteiger partial charge in [0.2, 0.25) is 0 Å². The van der Waals surface area contributed by atoms with Crippen LogP contribution in [0, 0.1) is 0 Å². The zero-order valence-electron chi connectivity index (χ0n) is 14.2. The van der Waals surface area contributed by atoms with Gasteiger partial charge in [0.05, 0.1) is 5.69 Å². The van der Waals surface area contributed by atoms with E-state index >= 15 is 0 Å². The minimum absolute atomic E-state index is 0.238. The first kappa shape index (κ1) is 18.2. The molecule has 0 unspecified atom stereocenters. The van der Waals surface area contributed by atoms with Crippen LogP contribution in [-0.4, -0.2) is 29.2 Å². The number of nitrogen functional groups attached to an aromatic ring is 1. The molecule has 6 nitrogen and oxygen atoms in total. The van der Waals surface area contributed by atoms with Crippen molar-refractivity contribution in [1.29, 1.82) is 0 Å². The van der Waals surface area contributed by atoms with Crippen LogP contribution in [0.1, 0.15) is 31.2 Å². The molecule has 0 aliphatic heterocycles. The average molecular weight is 329 g/mol. The lowest BCUT2D eigenvalue weighted by Gasteiger charge is -2.06. The summed E-state index contributed by atoms with van der Waals surface area (Å²) in [5.41, 5.74) is 12.6. The fourth-order valence-corrected chi connectivity index (χ4v) is 2.66. The Hall–Kier alpha value is -2.18. The van der Waals surface area contributed by atoms with Gasteiger partial charge in [0, 0.05) is 12.2 Å². The number of aromatic nitrogens is 2. The summed E-state index contributed by atoms with van der Waals surface area (Å²) in [6.45, 7) is 0.933. The van der Waals surface area contributed by atoms with E-state index in [1.54, 1.807) is 12.3 Å². The van der Waals surface area contributed by atoms with Gasteiger partial charge in [-0.2, -0.15) is 4.98 Å². The molecule has 0 radical (unpaired) electrons. The van der Waals surface area contributed by atoms with Crippen LogP contribution >= 0.6 is 0 Å². The van der Waals surface area contributed by atoms with Gasteiger partial charge in [-0.25, -0.2) is 4.79 Å². The Morgan fingerprint density at radius 2 is 1.88 bits per heavy atom. The summed E-state index contributed by atoms with van der Waals surface area (Å²) < 4.78 is 1.47. The standard InChI is InChI=1S/C13H16N4O.C5H11N/c1-15-8-6-10-2-4-11(5-3-10)17-9-7-12(14)16-13(17)18;6-5-3-1-2-4-5/h2-5,7,9,15H,6,8H2,1H3,(H2,14,16,18);5H,1-4,6H2. The molecule has 1 saturated carbocycles. The van der Waals surface area contributed by atoms with E-state index in [1.165, 1.54) is 35.8 Å². The van der Waals surface area contributed by atoms with E-state index in [0.29, 0.717) is 6.04 Å². The molecule has 3 rings (SSSR count). The third kappa shape index (κ3) is 5.47. The monoisotopic (exact) mass is 329 g/mol. The van der Waals surface area contributed by atoms with Crippen LogP contribution in [0.2, 0.25) is 0 Å². The minimum atomic E-state index is -0.363. The van der Waals surface area contributed by atoms with Crippen molar-refractivity contribution in [3.05, 3.63) is 52.6 Å². The molecule has 1 heterocycles. The first-order valence-corrected chi connectivity index (χ1v) is 8.45. The molecule has 0 bridgehead atoms. The quantitative estimate of drug-likeness (QED) is 0.789. The van der Waals surface area contributed by atoms with Crippen LogP contribution in [-0.2, 0) is 6.42 Å². The SMILES string of the molecule is CNCCc1ccc(-n2ccc(N)nc2=O)cc1.NC1CCCC1. The molecule has 6 heteroatoms. The molecule has 2 aromatic rings. The van der Waals surface area contributed by atoms with Gasteiger partial charge in [0.25, 0.3) is 0 Å². The Kier molecular flexibility index (Phi) is 6.96. The molecular weight excluding hydrogens is 302 g/mol. The number of rotatable bonds is 4. The predicted octanol–water partition coefficient (Wildman–Crippen LogP) is 1.46. The van der Waals surface area contributed by atoms with Crippen molar-refractivity contribution >= 4 is 5.82 Å². The van der Waals surface area contributed by atoms with Crippen LogP contribution < -0.4 is 22.5 Å². The average Bonchev–Trinajstić information content (AvgIpc) is 3.05. The Labute approximate surface area is 142 Å². The van der Waals surface area contributed by atoms with Crippen molar-refractivity contribution in [2.75, 3.05) is 19.3 Å². The van der Waals surface area contributed by atoms with Gasteiger partial charge in [-0.05, 0) is 56.6 Å². The van der Waals surface area contributed by atoms with Crippen LogP contribution in [0.3, 0.4) is 0 Å². The van der Waals surface area contributed by atoms with E-state index in [9.17, 15) is 4.79 Å². The highest BCUT2D eigenvalue weighted by molar-refractivity contribution is 5.36. The van der Waals surface area contributed by atoms with Gasteiger partial charge < -0.3 is 16.8 Å². The number of nitrogens with one attached hydrogen (secondary N) is 1. The summed E-state index contributed by atoms with van der Waals surface area (Å²) >= 11 is 0. The molecule has 130 valence electrons. The number of anilines is 1. The van der Waals surface area contributed by atoms with E-state index in [0.717, 1.165) is 18.7 Å². The molecule has 1 fully saturated rings. The third-order valence-electron chi connectivity index (χ3n) is 4.10. The summed E-state index contributed by atoms with van der Waals surface area (Å²) in [5.74, 6) is 0.238.